The molecular weight excluding hydrogens is 394 g/mol. The van der Waals surface area contributed by atoms with Gasteiger partial charge in [0.15, 0.2) is 0 Å². The Bertz CT molecular complexity index is 751. The molecule has 0 fully saturated rings. The van der Waals surface area contributed by atoms with Crippen LogP contribution in [-0.2, 0) is 5.60 Å². The third-order valence-corrected chi connectivity index (χ3v) is 5.98. The number of rotatable bonds is 5. The number of amides is 1. The average molecular weight is 408 g/mol. The van der Waals surface area contributed by atoms with Crippen molar-refractivity contribution in [3.05, 3.63) is 79.1 Å². The van der Waals surface area contributed by atoms with Crippen LogP contribution in [0.4, 0.5) is 0 Å². The maximum Gasteiger partial charge on any atom is 0.251 e. The Morgan fingerprint density at radius 2 is 1.74 bits per heavy atom. The summed E-state index contributed by atoms with van der Waals surface area (Å²) in [6.07, 6.45) is 0. The molecule has 1 amide bonds. The summed E-state index contributed by atoms with van der Waals surface area (Å²) in [5.74, 6) is -0.210. The van der Waals surface area contributed by atoms with E-state index in [1.165, 1.54) is 22.7 Å². The second kappa shape index (κ2) is 6.97. The first-order valence-corrected chi connectivity index (χ1v) is 9.49. The van der Waals surface area contributed by atoms with E-state index in [9.17, 15) is 9.90 Å². The monoisotopic (exact) mass is 407 g/mol. The van der Waals surface area contributed by atoms with Crippen LogP contribution in [0.25, 0.3) is 0 Å². The topological polar surface area (TPSA) is 49.3 Å². The van der Waals surface area contributed by atoms with Crippen molar-refractivity contribution in [3.8, 4) is 0 Å². The smallest absolute Gasteiger partial charge is 0.251 e. The number of hydrogen-bond donors (Lipinski definition) is 2. The van der Waals surface area contributed by atoms with Crippen LogP contribution in [0.15, 0.2) is 63.8 Å². The first-order chi connectivity index (χ1) is 11.1. The highest BCUT2D eigenvalue weighted by molar-refractivity contribution is 9.10. The van der Waals surface area contributed by atoms with E-state index in [1.807, 2.05) is 47.2 Å². The fraction of sp³-hybridized carbons (Fsp3) is 0.118. The van der Waals surface area contributed by atoms with E-state index in [0.29, 0.717) is 5.56 Å². The second-order valence-corrected chi connectivity index (χ2v) is 7.82. The lowest BCUT2D eigenvalue weighted by Crippen LogP contribution is -2.40. The lowest BCUT2D eigenvalue weighted by molar-refractivity contribution is 0.0739. The third-order valence-electron chi connectivity index (χ3n) is 3.45. The van der Waals surface area contributed by atoms with Crippen molar-refractivity contribution in [2.24, 2.45) is 0 Å². The van der Waals surface area contributed by atoms with Crippen molar-refractivity contribution in [1.29, 1.82) is 0 Å². The van der Waals surface area contributed by atoms with Gasteiger partial charge in [0.2, 0.25) is 0 Å². The van der Waals surface area contributed by atoms with E-state index in [2.05, 4.69) is 21.2 Å². The van der Waals surface area contributed by atoms with Crippen molar-refractivity contribution in [2.45, 2.75) is 5.60 Å². The highest BCUT2D eigenvalue weighted by Gasteiger charge is 2.34. The number of halogens is 1. The van der Waals surface area contributed by atoms with E-state index in [4.69, 9.17) is 0 Å². The van der Waals surface area contributed by atoms with Gasteiger partial charge in [-0.15, -0.1) is 22.7 Å². The van der Waals surface area contributed by atoms with Gasteiger partial charge < -0.3 is 10.4 Å². The molecule has 0 radical (unpaired) electrons. The molecule has 6 heteroatoms. The summed E-state index contributed by atoms with van der Waals surface area (Å²) in [4.78, 5) is 14.0. The zero-order valence-electron chi connectivity index (χ0n) is 12.0. The fourth-order valence-corrected chi connectivity index (χ4v) is 4.40. The molecule has 2 N–H and O–H groups in total. The van der Waals surface area contributed by atoms with Gasteiger partial charge in [-0.25, -0.2) is 0 Å². The minimum atomic E-state index is -1.20. The molecule has 0 bridgehead atoms. The highest BCUT2D eigenvalue weighted by atomic mass is 79.9. The fourth-order valence-electron chi connectivity index (χ4n) is 2.26. The summed E-state index contributed by atoms with van der Waals surface area (Å²) in [7, 11) is 0. The number of benzene rings is 1. The molecule has 2 aromatic heterocycles. The Morgan fingerprint density at radius 3 is 2.26 bits per heavy atom. The first-order valence-electron chi connectivity index (χ1n) is 6.94. The van der Waals surface area contributed by atoms with Crippen LogP contribution >= 0.6 is 38.6 Å². The van der Waals surface area contributed by atoms with Gasteiger partial charge in [0.25, 0.3) is 5.91 Å². The van der Waals surface area contributed by atoms with Crippen molar-refractivity contribution < 1.29 is 9.90 Å². The van der Waals surface area contributed by atoms with Crippen molar-refractivity contribution >= 4 is 44.5 Å². The predicted molar refractivity (Wildman–Crippen MR) is 98.1 cm³/mol. The minimum Gasteiger partial charge on any atom is -0.377 e. The highest BCUT2D eigenvalue weighted by Crippen LogP contribution is 2.35. The predicted octanol–water partition coefficient (Wildman–Crippen LogP) is 4.24. The largest absolute Gasteiger partial charge is 0.377 e. The number of aliphatic hydroxyl groups is 1. The van der Waals surface area contributed by atoms with Crippen molar-refractivity contribution in [3.63, 3.8) is 0 Å². The summed E-state index contributed by atoms with van der Waals surface area (Å²) in [5.41, 5.74) is -0.650. The van der Waals surface area contributed by atoms with E-state index < -0.39 is 5.60 Å². The quantitative estimate of drug-likeness (QED) is 0.664. The Balaban J connectivity index is 1.82. The molecule has 0 unspecified atom stereocenters. The zero-order valence-corrected chi connectivity index (χ0v) is 15.2. The molecule has 0 atom stereocenters. The number of hydrogen-bond acceptors (Lipinski definition) is 4. The molecule has 3 rings (SSSR count). The third kappa shape index (κ3) is 3.55. The minimum absolute atomic E-state index is 0.124. The lowest BCUT2D eigenvalue weighted by Gasteiger charge is -2.26. The molecule has 118 valence electrons. The van der Waals surface area contributed by atoms with Gasteiger partial charge in [-0.05, 0) is 41.1 Å². The zero-order chi connectivity index (χ0) is 16.3. The Labute approximate surface area is 150 Å². The summed E-state index contributed by atoms with van der Waals surface area (Å²) in [6, 6.07) is 14.7. The first kappa shape index (κ1) is 16.4. The van der Waals surface area contributed by atoms with Crippen LogP contribution in [0.3, 0.4) is 0 Å². The van der Waals surface area contributed by atoms with Crippen LogP contribution in [0.5, 0.6) is 0 Å². The van der Waals surface area contributed by atoms with Crippen molar-refractivity contribution in [1.82, 2.24) is 5.32 Å². The lowest BCUT2D eigenvalue weighted by atomic mass is 9.99. The molecule has 0 saturated carbocycles. The van der Waals surface area contributed by atoms with E-state index >= 15 is 0 Å². The molecule has 0 aliphatic carbocycles. The van der Waals surface area contributed by atoms with Crippen molar-refractivity contribution in [2.75, 3.05) is 6.54 Å². The molecule has 0 aliphatic rings. The van der Waals surface area contributed by atoms with Crippen LogP contribution in [0.2, 0.25) is 0 Å². The van der Waals surface area contributed by atoms with Gasteiger partial charge in [-0.2, -0.15) is 0 Å². The van der Waals surface area contributed by atoms with Crippen LogP contribution < -0.4 is 5.32 Å². The molecule has 23 heavy (non-hydrogen) atoms. The van der Waals surface area contributed by atoms with E-state index in [-0.39, 0.29) is 12.5 Å². The second-order valence-electron chi connectivity index (χ2n) is 5.01. The Morgan fingerprint density at radius 1 is 1.09 bits per heavy atom. The summed E-state index contributed by atoms with van der Waals surface area (Å²) < 4.78 is 0.844. The summed E-state index contributed by atoms with van der Waals surface area (Å²) >= 11 is 6.31. The van der Waals surface area contributed by atoms with Gasteiger partial charge >= 0.3 is 0 Å². The van der Waals surface area contributed by atoms with E-state index in [1.54, 1.807) is 12.1 Å². The number of thiophene rings is 2. The molecule has 0 spiro atoms. The van der Waals surface area contributed by atoms with Crippen LogP contribution in [0.1, 0.15) is 20.1 Å². The summed E-state index contributed by atoms with van der Waals surface area (Å²) in [6.45, 7) is 0.124. The standard InChI is InChI=1S/C17H14BrNO2S2/c18-13-5-1-4-12(10-13)16(20)19-11-17(21,14-6-2-8-22-14)15-7-3-9-23-15/h1-10,21H,11H2,(H,19,20). The van der Waals surface area contributed by atoms with Crippen LogP contribution in [0, 0.1) is 0 Å². The molecule has 2 heterocycles. The SMILES string of the molecule is O=C(NCC(O)(c1cccs1)c1cccs1)c1cccc(Br)c1. The van der Waals surface area contributed by atoms with E-state index in [0.717, 1.165) is 14.2 Å². The Hall–Kier alpha value is -1.47. The number of carbonyl (C=O) groups is 1. The Kier molecular flexibility index (Phi) is 4.96. The number of nitrogens with one attached hydrogen (secondary N) is 1. The van der Waals surface area contributed by atoms with Gasteiger partial charge in [0.1, 0.15) is 5.60 Å². The van der Waals surface area contributed by atoms with Gasteiger partial charge in [-0.1, -0.05) is 34.1 Å². The average Bonchev–Trinajstić information content (AvgIpc) is 3.25. The van der Waals surface area contributed by atoms with Crippen LogP contribution in [-0.4, -0.2) is 17.6 Å². The molecule has 1 aromatic carbocycles. The molecule has 0 aliphatic heterocycles. The maximum absolute atomic E-state index is 12.3. The molecule has 3 aromatic rings. The van der Waals surface area contributed by atoms with Gasteiger partial charge in [0, 0.05) is 19.8 Å². The molecule has 0 saturated heterocycles. The maximum atomic E-state index is 12.3. The molecular formula is C17H14BrNO2S2. The summed E-state index contributed by atoms with van der Waals surface area (Å²) in [5, 5.41) is 17.9. The van der Waals surface area contributed by atoms with Gasteiger partial charge in [0.05, 0.1) is 6.54 Å². The number of carbonyl (C=O) groups excluding carboxylic acids is 1. The van der Waals surface area contributed by atoms with Gasteiger partial charge in [-0.3, -0.25) is 4.79 Å². The molecule has 3 nitrogen and oxygen atoms in total. The normalized spacial score (nSPS) is 11.4.